The Kier molecular flexibility index (Phi) is 4.77. The van der Waals surface area contributed by atoms with Gasteiger partial charge in [-0.1, -0.05) is 24.3 Å². The summed E-state index contributed by atoms with van der Waals surface area (Å²) >= 11 is 0. The van der Waals surface area contributed by atoms with Crippen molar-refractivity contribution in [2.75, 3.05) is 13.7 Å². The number of amides is 1. The lowest BCUT2D eigenvalue weighted by molar-refractivity contribution is -0.132. The molecule has 0 unspecified atom stereocenters. The minimum absolute atomic E-state index is 0.00788. The molecule has 2 aromatic rings. The van der Waals surface area contributed by atoms with Crippen LogP contribution in [-0.2, 0) is 11.3 Å². The van der Waals surface area contributed by atoms with E-state index in [-0.39, 0.29) is 29.8 Å². The fourth-order valence-electron chi connectivity index (χ4n) is 1.78. The van der Waals surface area contributed by atoms with Crippen molar-refractivity contribution in [3.63, 3.8) is 0 Å². The lowest BCUT2D eigenvalue weighted by Crippen LogP contribution is -2.30. The second-order valence-corrected chi connectivity index (χ2v) is 4.63. The fourth-order valence-corrected chi connectivity index (χ4v) is 1.78. The Morgan fingerprint density at radius 3 is 2.52 bits per heavy atom. The number of rotatable bonds is 5. The van der Waals surface area contributed by atoms with Crippen LogP contribution in [0.1, 0.15) is 5.56 Å². The molecule has 0 aliphatic heterocycles. The molecule has 0 aliphatic rings. The number of halogens is 1. The van der Waals surface area contributed by atoms with Gasteiger partial charge in [-0.25, -0.2) is 4.39 Å². The van der Waals surface area contributed by atoms with Crippen molar-refractivity contribution < 1.29 is 19.0 Å². The maximum atomic E-state index is 12.8. The molecule has 4 nitrogen and oxygen atoms in total. The Morgan fingerprint density at radius 2 is 1.86 bits per heavy atom. The van der Waals surface area contributed by atoms with Crippen molar-refractivity contribution in [3.8, 4) is 11.5 Å². The first kappa shape index (κ1) is 14.8. The van der Waals surface area contributed by atoms with Gasteiger partial charge < -0.3 is 14.7 Å². The Labute approximate surface area is 122 Å². The molecule has 0 aliphatic carbocycles. The van der Waals surface area contributed by atoms with Crippen molar-refractivity contribution >= 4 is 5.91 Å². The first-order valence-electron chi connectivity index (χ1n) is 6.45. The molecule has 2 rings (SSSR count). The molecule has 2 aromatic carbocycles. The number of benzene rings is 2. The highest BCUT2D eigenvalue weighted by molar-refractivity contribution is 5.77. The number of hydrogen-bond acceptors (Lipinski definition) is 3. The molecule has 1 amide bonds. The van der Waals surface area contributed by atoms with Crippen LogP contribution < -0.4 is 4.74 Å². The highest BCUT2D eigenvalue weighted by atomic mass is 19.1. The third-order valence-electron chi connectivity index (χ3n) is 2.98. The van der Waals surface area contributed by atoms with E-state index < -0.39 is 0 Å². The number of para-hydroxylation sites is 2. The minimum Gasteiger partial charge on any atom is -0.504 e. The maximum Gasteiger partial charge on any atom is 0.260 e. The van der Waals surface area contributed by atoms with Crippen molar-refractivity contribution in [2.24, 2.45) is 0 Å². The molecule has 0 fully saturated rings. The summed E-state index contributed by atoms with van der Waals surface area (Å²) in [7, 11) is 1.64. The summed E-state index contributed by atoms with van der Waals surface area (Å²) in [5.74, 6) is -0.286. The zero-order valence-corrected chi connectivity index (χ0v) is 11.6. The third-order valence-corrected chi connectivity index (χ3v) is 2.98. The lowest BCUT2D eigenvalue weighted by atomic mass is 10.2. The summed E-state index contributed by atoms with van der Waals surface area (Å²) in [5.41, 5.74) is 0.829. The van der Waals surface area contributed by atoms with Crippen LogP contribution in [0.15, 0.2) is 48.5 Å². The van der Waals surface area contributed by atoms with Gasteiger partial charge in [-0.3, -0.25) is 4.79 Å². The zero-order chi connectivity index (χ0) is 15.2. The Hall–Kier alpha value is -2.56. The standard InChI is InChI=1S/C16H16FNO3/c1-18(10-12-6-8-13(17)9-7-12)16(20)11-21-15-5-3-2-4-14(15)19/h2-9,19H,10-11H2,1H3. The van der Waals surface area contributed by atoms with E-state index in [1.165, 1.54) is 23.1 Å². The summed E-state index contributed by atoms with van der Waals surface area (Å²) in [5, 5.41) is 9.54. The number of carbonyl (C=O) groups excluding carboxylic acids is 1. The Bertz CT molecular complexity index is 613. The molecule has 0 saturated carbocycles. The molecule has 110 valence electrons. The van der Waals surface area contributed by atoms with Crippen LogP contribution >= 0.6 is 0 Å². The smallest absolute Gasteiger partial charge is 0.260 e. The van der Waals surface area contributed by atoms with Crippen LogP contribution in [0.5, 0.6) is 11.5 Å². The summed E-state index contributed by atoms with van der Waals surface area (Å²) in [6, 6.07) is 12.4. The van der Waals surface area contributed by atoms with E-state index in [1.54, 1.807) is 37.4 Å². The van der Waals surface area contributed by atoms with Crippen LogP contribution in [0, 0.1) is 5.82 Å². The summed E-state index contributed by atoms with van der Waals surface area (Å²) in [6.45, 7) is 0.193. The third kappa shape index (κ3) is 4.21. The highest BCUT2D eigenvalue weighted by Gasteiger charge is 2.11. The molecule has 5 heteroatoms. The predicted molar refractivity (Wildman–Crippen MR) is 76.5 cm³/mol. The van der Waals surface area contributed by atoms with Gasteiger partial charge in [0.1, 0.15) is 5.82 Å². The molecule has 0 radical (unpaired) electrons. The van der Waals surface area contributed by atoms with E-state index >= 15 is 0 Å². The molecule has 0 saturated heterocycles. The average Bonchev–Trinajstić information content (AvgIpc) is 2.48. The summed E-state index contributed by atoms with van der Waals surface area (Å²) < 4.78 is 18.1. The van der Waals surface area contributed by atoms with Gasteiger partial charge in [-0.05, 0) is 29.8 Å². The van der Waals surface area contributed by atoms with Gasteiger partial charge in [0.15, 0.2) is 18.1 Å². The predicted octanol–water partition coefficient (Wildman–Crippen LogP) is 2.57. The highest BCUT2D eigenvalue weighted by Crippen LogP contribution is 2.24. The van der Waals surface area contributed by atoms with Gasteiger partial charge in [0, 0.05) is 13.6 Å². The molecule has 0 spiro atoms. The van der Waals surface area contributed by atoms with E-state index in [2.05, 4.69) is 0 Å². The van der Waals surface area contributed by atoms with E-state index in [1.807, 2.05) is 0 Å². The SMILES string of the molecule is CN(Cc1ccc(F)cc1)C(=O)COc1ccccc1O. The van der Waals surface area contributed by atoms with Gasteiger partial charge in [-0.15, -0.1) is 0 Å². The van der Waals surface area contributed by atoms with Crippen LogP contribution in [0.4, 0.5) is 4.39 Å². The summed E-state index contributed by atoms with van der Waals surface area (Å²) in [4.78, 5) is 13.4. The number of phenolic OH excluding ortho intramolecular Hbond substituents is 1. The van der Waals surface area contributed by atoms with Crippen molar-refractivity contribution in [1.29, 1.82) is 0 Å². The lowest BCUT2D eigenvalue weighted by Gasteiger charge is -2.17. The van der Waals surface area contributed by atoms with Gasteiger partial charge in [0.05, 0.1) is 0 Å². The first-order chi connectivity index (χ1) is 10.1. The van der Waals surface area contributed by atoms with Crippen molar-refractivity contribution in [2.45, 2.75) is 6.54 Å². The molecular formula is C16H16FNO3. The molecule has 0 bridgehead atoms. The average molecular weight is 289 g/mol. The largest absolute Gasteiger partial charge is 0.504 e. The number of ether oxygens (including phenoxy) is 1. The van der Waals surface area contributed by atoms with E-state index in [0.29, 0.717) is 6.54 Å². The number of carbonyl (C=O) groups is 1. The number of hydrogen-bond donors (Lipinski definition) is 1. The normalized spacial score (nSPS) is 10.2. The fraction of sp³-hybridized carbons (Fsp3) is 0.188. The van der Waals surface area contributed by atoms with Gasteiger partial charge in [0.25, 0.3) is 5.91 Å². The zero-order valence-electron chi connectivity index (χ0n) is 11.6. The van der Waals surface area contributed by atoms with Gasteiger partial charge >= 0.3 is 0 Å². The maximum absolute atomic E-state index is 12.8. The Balaban J connectivity index is 1.88. The second-order valence-electron chi connectivity index (χ2n) is 4.63. The van der Waals surface area contributed by atoms with Gasteiger partial charge in [-0.2, -0.15) is 0 Å². The van der Waals surface area contributed by atoms with Crippen molar-refractivity contribution in [3.05, 3.63) is 59.9 Å². The van der Waals surface area contributed by atoms with Crippen LogP contribution in [0.2, 0.25) is 0 Å². The quantitative estimate of drug-likeness (QED) is 0.920. The molecular weight excluding hydrogens is 273 g/mol. The molecule has 1 N–H and O–H groups in total. The van der Waals surface area contributed by atoms with Gasteiger partial charge in [0.2, 0.25) is 0 Å². The van der Waals surface area contributed by atoms with E-state index in [9.17, 15) is 14.3 Å². The molecule has 21 heavy (non-hydrogen) atoms. The number of nitrogens with zero attached hydrogens (tertiary/aromatic N) is 1. The second kappa shape index (κ2) is 6.74. The van der Waals surface area contributed by atoms with Crippen molar-refractivity contribution in [1.82, 2.24) is 4.90 Å². The molecule has 0 atom stereocenters. The molecule has 0 aromatic heterocycles. The van der Waals surface area contributed by atoms with Crippen LogP contribution in [-0.4, -0.2) is 29.6 Å². The first-order valence-corrected chi connectivity index (χ1v) is 6.45. The topological polar surface area (TPSA) is 49.8 Å². The molecule has 0 heterocycles. The van der Waals surface area contributed by atoms with Crippen LogP contribution in [0.3, 0.4) is 0 Å². The number of phenols is 1. The summed E-state index contributed by atoms with van der Waals surface area (Å²) in [6.07, 6.45) is 0. The number of aromatic hydroxyl groups is 1. The minimum atomic E-state index is -0.310. The van der Waals surface area contributed by atoms with E-state index in [0.717, 1.165) is 5.56 Å². The monoisotopic (exact) mass is 289 g/mol. The van der Waals surface area contributed by atoms with Crippen LogP contribution in [0.25, 0.3) is 0 Å². The number of likely N-dealkylation sites (N-methyl/N-ethyl adjacent to an activating group) is 1. The Morgan fingerprint density at radius 1 is 1.19 bits per heavy atom. The van der Waals surface area contributed by atoms with E-state index in [4.69, 9.17) is 4.74 Å².